The molecule has 0 amide bonds. The Balaban J connectivity index is 4.25. The summed E-state index contributed by atoms with van der Waals surface area (Å²) in [5.74, 6) is 1.73. The van der Waals surface area contributed by atoms with E-state index in [0.29, 0.717) is 19.3 Å². The molecule has 6 nitrogen and oxygen atoms in total. The number of carbonyl (C=O) groups is 3. The van der Waals surface area contributed by atoms with Crippen LogP contribution in [-0.4, -0.2) is 37.2 Å². The fourth-order valence-corrected chi connectivity index (χ4v) is 9.67. The summed E-state index contributed by atoms with van der Waals surface area (Å²) in [6, 6.07) is 0. The molecule has 0 bridgehead atoms. The van der Waals surface area contributed by atoms with Gasteiger partial charge in [-0.1, -0.05) is 311 Å². The lowest BCUT2D eigenvalue weighted by Crippen LogP contribution is -2.30. The summed E-state index contributed by atoms with van der Waals surface area (Å²) in [5.41, 5.74) is 0. The molecule has 0 radical (unpaired) electrons. The molecule has 0 aliphatic heterocycles. The number of ether oxygens (including phenoxy) is 3. The molecule has 0 saturated carbocycles. The van der Waals surface area contributed by atoms with Gasteiger partial charge in [0.15, 0.2) is 6.10 Å². The number of rotatable bonds is 56. The average Bonchev–Trinajstić information content (AvgIpc) is 3.32. The molecule has 69 heavy (non-hydrogen) atoms. The van der Waals surface area contributed by atoms with Crippen molar-refractivity contribution in [2.75, 3.05) is 13.2 Å². The Hall–Kier alpha value is -1.59. The molecule has 0 N–H and O–H groups in total. The van der Waals surface area contributed by atoms with Crippen LogP contribution in [0.25, 0.3) is 0 Å². The van der Waals surface area contributed by atoms with Crippen LogP contribution in [0.2, 0.25) is 0 Å². The summed E-state index contributed by atoms with van der Waals surface area (Å²) in [4.78, 5) is 38.2. The van der Waals surface area contributed by atoms with Gasteiger partial charge < -0.3 is 14.2 Å². The third kappa shape index (κ3) is 55.6. The van der Waals surface area contributed by atoms with Gasteiger partial charge in [0.2, 0.25) is 0 Å². The monoisotopic (exact) mass is 975 g/mol. The van der Waals surface area contributed by atoms with Crippen LogP contribution in [-0.2, 0) is 28.6 Å². The molecule has 0 fully saturated rings. The molecule has 0 heterocycles. The summed E-state index contributed by atoms with van der Waals surface area (Å²) < 4.78 is 16.9. The van der Waals surface area contributed by atoms with Crippen LogP contribution in [0.15, 0.2) is 0 Å². The zero-order valence-electron chi connectivity index (χ0n) is 47.6. The average molecular weight is 976 g/mol. The second-order valence-electron chi connectivity index (χ2n) is 22.9. The smallest absolute Gasteiger partial charge is 0.306 e. The molecule has 0 saturated heterocycles. The maximum atomic E-state index is 12.9. The SMILES string of the molecule is CCC(C)CCCCCCCCCCCCCCCCCCCCC(=O)OC[C@@H](COC(=O)CCCCCCCCCCCCCC(C)C)OC(=O)CCCCCCCCCCCCCCC(C)C. The van der Waals surface area contributed by atoms with Crippen molar-refractivity contribution in [3.05, 3.63) is 0 Å². The van der Waals surface area contributed by atoms with Crippen molar-refractivity contribution in [3.63, 3.8) is 0 Å². The van der Waals surface area contributed by atoms with E-state index in [9.17, 15) is 14.4 Å². The van der Waals surface area contributed by atoms with Crippen LogP contribution in [0.1, 0.15) is 350 Å². The van der Waals surface area contributed by atoms with Gasteiger partial charge in [0, 0.05) is 19.3 Å². The van der Waals surface area contributed by atoms with Gasteiger partial charge in [0.05, 0.1) is 0 Å². The van der Waals surface area contributed by atoms with Gasteiger partial charge in [-0.05, 0) is 37.0 Å². The van der Waals surface area contributed by atoms with Crippen LogP contribution >= 0.6 is 0 Å². The lowest BCUT2D eigenvalue weighted by Gasteiger charge is -2.18. The van der Waals surface area contributed by atoms with Crippen molar-refractivity contribution < 1.29 is 28.6 Å². The van der Waals surface area contributed by atoms with Gasteiger partial charge in [-0.15, -0.1) is 0 Å². The highest BCUT2D eigenvalue weighted by molar-refractivity contribution is 5.71. The van der Waals surface area contributed by atoms with E-state index in [2.05, 4.69) is 41.5 Å². The third-order valence-electron chi connectivity index (χ3n) is 14.8. The number of unbranched alkanes of at least 4 members (excludes halogenated alkanes) is 38. The van der Waals surface area contributed by atoms with E-state index in [1.54, 1.807) is 0 Å². The fourth-order valence-electron chi connectivity index (χ4n) is 9.67. The van der Waals surface area contributed by atoms with Crippen molar-refractivity contribution in [2.45, 2.75) is 356 Å². The molecular formula is C63H122O6. The van der Waals surface area contributed by atoms with E-state index in [-0.39, 0.29) is 31.1 Å². The first-order valence-corrected chi connectivity index (χ1v) is 31.1. The first kappa shape index (κ1) is 67.4. The molecule has 0 aromatic carbocycles. The molecule has 0 aromatic rings. The standard InChI is InChI=1S/C63H122O6/c1-7-59(6)51-45-39-33-27-21-14-12-10-8-9-11-13-15-22-28-34-40-46-52-61(64)67-55-60(56-68-62(65)53-47-41-35-29-24-18-20-26-32-38-44-50-58(4)5)69-63(66)54-48-42-36-30-23-17-16-19-25-31-37-43-49-57(2)3/h57-60H,7-56H2,1-6H3/t59?,60-/m0/s1. The molecule has 0 aliphatic rings. The van der Waals surface area contributed by atoms with Gasteiger partial charge in [-0.25, -0.2) is 0 Å². The van der Waals surface area contributed by atoms with Crippen molar-refractivity contribution in [1.82, 2.24) is 0 Å². The number of esters is 3. The highest BCUT2D eigenvalue weighted by Gasteiger charge is 2.19. The molecule has 0 rings (SSSR count). The topological polar surface area (TPSA) is 78.9 Å². The zero-order chi connectivity index (χ0) is 50.5. The van der Waals surface area contributed by atoms with Gasteiger partial charge in [-0.2, -0.15) is 0 Å². The molecule has 1 unspecified atom stereocenters. The Morgan fingerprint density at radius 2 is 0.507 bits per heavy atom. The maximum absolute atomic E-state index is 12.9. The van der Waals surface area contributed by atoms with E-state index in [0.717, 1.165) is 75.5 Å². The third-order valence-corrected chi connectivity index (χ3v) is 14.8. The molecule has 6 heteroatoms. The van der Waals surface area contributed by atoms with Crippen molar-refractivity contribution in [1.29, 1.82) is 0 Å². The molecule has 0 spiro atoms. The van der Waals surface area contributed by atoms with E-state index in [1.807, 2.05) is 0 Å². The Bertz CT molecular complexity index is 1070. The van der Waals surface area contributed by atoms with E-state index >= 15 is 0 Å². The number of carbonyl (C=O) groups excluding carboxylic acids is 3. The summed E-state index contributed by atoms with van der Waals surface area (Å²) in [6.07, 6.45) is 58.1. The predicted octanol–water partition coefficient (Wildman–Crippen LogP) is 20.7. The number of hydrogen-bond donors (Lipinski definition) is 0. The van der Waals surface area contributed by atoms with Crippen LogP contribution in [0, 0.1) is 17.8 Å². The maximum Gasteiger partial charge on any atom is 0.306 e. The van der Waals surface area contributed by atoms with Crippen LogP contribution in [0.4, 0.5) is 0 Å². The normalized spacial score (nSPS) is 12.5. The predicted molar refractivity (Wildman–Crippen MR) is 298 cm³/mol. The van der Waals surface area contributed by atoms with Gasteiger partial charge in [-0.3, -0.25) is 14.4 Å². The van der Waals surface area contributed by atoms with Gasteiger partial charge >= 0.3 is 17.9 Å². The van der Waals surface area contributed by atoms with E-state index in [1.165, 1.54) is 231 Å². The largest absolute Gasteiger partial charge is 0.462 e. The minimum Gasteiger partial charge on any atom is -0.462 e. The highest BCUT2D eigenvalue weighted by atomic mass is 16.6. The Morgan fingerprint density at radius 1 is 0.290 bits per heavy atom. The zero-order valence-corrected chi connectivity index (χ0v) is 47.6. The first-order chi connectivity index (χ1) is 33.6. The lowest BCUT2D eigenvalue weighted by molar-refractivity contribution is -0.167. The molecular weight excluding hydrogens is 853 g/mol. The Labute approximate surface area is 431 Å². The summed E-state index contributed by atoms with van der Waals surface area (Å²) >= 11 is 0. The Morgan fingerprint density at radius 3 is 0.754 bits per heavy atom. The first-order valence-electron chi connectivity index (χ1n) is 31.1. The van der Waals surface area contributed by atoms with Crippen molar-refractivity contribution in [2.24, 2.45) is 17.8 Å². The summed E-state index contributed by atoms with van der Waals surface area (Å²) in [5, 5.41) is 0. The minimum absolute atomic E-state index is 0.0630. The summed E-state index contributed by atoms with van der Waals surface area (Å²) in [6.45, 7) is 13.8. The second-order valence-corrected chi connectivity index (χ2v) is 22.9. The van der Waals surface area contributed by atoms with Crippen LogP contribution in [0.5, 0.6) is 0 Å². The number of hydrogen-bond acceptors (Lipinski definition) is 6. The molecule has 0 aliphatic carbocycles. The van der Waals surface area contributed by atoms with Crippen LogP contribution < -0.4 is 0 Å². The quantitative estimate of drug-likeness (QED) is 0.0343. The second kappa shape index (κ2) is 54.2. The Kier molecular flexibility index (Phi) is 52.9. The van der Waals surface area contributed by atoms with Crippen molar-refractivity contribution in [3.8, 4) is 0 Å². The fraction of sp³-hybridized carbons (Fsp3) is 0.952. The van der Waals surface area contributed by atoms with E-state index < -0.39 is 6.10 Å². The van der Waals surface area contributed by atoms with Gasteiger partial charge in [0.25, 0.3) is 0 Å². The minimum atomic E-state index is -0.764. The van der Waals surface area contributed by atoms with E-state index in [4.69, 9.17) is 14.2 Å². The summed E-state index contributed by atoms with van der Waals surface area (Å²) in [7, 11) is 0. The molecule has 2 atom stereocenters. The lowest BCUT2D eigenvalue weighted by atomic mass is 9.99. The van der Waals surface area contributed by atoms with Crippen molar-refractivity contribution >= 4 is 17.9 Å². The molecule has 410 valence electrons. The van der Waals surface area contributed by atoms with Gasteiger partial charge in [0.1, 0.15) is 13.2 Å². The molecule has 0 aromatic heterocycles. The van der Waals surface area contributed by atoms with Crippen LogP contribution in [0.3, 0.4) is 0 Å². The highest BCUT2D eigenvalue weighted by Crippen LogP contribution is 2.19.